The second-order valence-corrected chi connectivity index (χ2v) is 9.75. The molecular weight excluding hydrogens is 450 g/mol. The van der Waals surface area contributed by atoms with Crippen molar-refractivity contribution in [1.29, 1.82) is 0 Å². The van der Waals surface area contributed by atoms with Crippen LogP contribution in [0.4, 0.5) is 0 Å². The van der Waals surface area contributed by atoms with Gasteiger partial charge in [0.1, 0.15) is 10.5 Å². The number of aromatic nitrogens is 7. The van der Waals surface area contributed by atoms with E-state index in [9.17, 15) is 8.42 Å². The molecule has 0 amide bonds. The lowest BCUT2D eigenvalue weighted by Gasteiger charge is -2.05. The summed E-state index contributed by atoms with van der Waals surface area (Å²) >= 11 is 0. The lowest BCUT2D eigenvalue weighted by Crippen LogP contribution is -2.14. The zero-order chi connectivity index (χ0) is 23.3. The van der Waals surface area contributed by atoms with Gasteiger partial charge in [-0.25, -0.2) is 9.97 Å². The van der Waals surface area contributed by atoms with Crippen molar-refractivity contribution < 1.29 is 8.42 Å². The van der Waals surface area contributed by atoms with Gasteiger partial charge in [-0.15, -0.1) is 4.09 Å². The van der Waals surface area contributed by atoms with Crippen LogP contribution in [0.3, 0.4) is 0 Å². The number of aryl methyl sites for hydroxylation is 1. The van der Waals surface area contributed by atoms with Gasteiger partial charge in [0.05, 0.1) is 12.4 Å². The minimum Gasteiger partial charge on any atom is -0.327 e. The summed E-state index contributed by atoms with van der Waals surface area (Å²) in [6.07, 6.45) is 10.0. The normalized spacial score (nSPS) is 12.0. The average Bonchev–Trinajstić information content (AvgIpc) is 3.57. The quantitative estimate of drug-likeness (QED) is 0.383. The molecule has 0 spiro atoms. The van der Waals surface area contributed by atoms with Crippen molar-refractivity contribution in [3.8, 4) is 11.1 Å². The number of rotatable bonds is 5. The maximum absolute atomic E-state index is 13.8. The molecule has 34 heavy (non-hydrogen) atoms. The molecule has 0 aliphatic carbocycles. The highest BCUT2D eigenvalue weighted by Crippen LogP contribution is 2.31. The first-order chi connectivity index (χ1) is 16.5. The van der Waals surface area contributed by atoms with Crippen LogP contribution in [0.15, 0.2) is 90.6 Å². The third-order valence-electron chi connectivity index (χ3n) is 5.72. The highest BCUT2D eigenvalue weighted by Gasteiger charge is 2.27. The summed E-state index contributed by atoms with van der Waals surface area (Å²) in [5.41, 5.74) is 3.51. The fourth-order valence-corrected chi connectivity index (χ4v) is 5.51. The van der Waals surface area contributed by atoms with Crippen molar-refractivity contribution in [2.45, 2.75) is 11.4 Å². The van der Waals surface area contributed by atoms with Gasteiger partial charge in [-0.05, 0) is 23.8 Å². The number of benzene rings is 1. The van der Waals surface area contributed by atoms with E-state index in [1.807, 2.05) is 54.2 Å². The molecule has 0 bridgehead atoms. The van der Waals surface area contributed by atoms with E-state index in [4.69, 9.17) is 0 Å². The van der Waals surface area contributed by atoms with Crippen LogP contribution in [0.25, 0.3) is 33.2 Å². The van der Waals surface area contributed by atoms with E-state index in [-0.39, 0.29) is 10.5 Å². The van der Waals surface area contributed by atoms with E-state index in [2.05, 4.69) is 20.2 Å². The zero-order valence-corrected chi connectivity index (χ0v) is 19.0. The van der Waals surface area contributed by atoms with Crippen LogP contribution in [-0.4, -0.2) is 41.9 Å². The van der Waals surface area contributed by atoms with Crippen molar-refractivity contribution in [2.75, 3.05) is 0 Å². The molecule has 0 unspecified atom stereocenters. The van der Waals surface area contributed by atoms with E-state index < -0.39 is 10.0 Å². The molecule has 0 N–H and O–H groups in total. The third-order valence-corrected chi connectivity index (χ3v) is 7.32. The van der Waals surface area contributed by atoms with Gasteiger partial charge < -0.3 is 4.57 Å². The summed E-state index contributed by atoms with van der Waals surface area (Å²) in [4.78, 5) is 9.02. The number of hydrogen-bond acceptors (Lipinski definition) is 6. The number of fused-ring (bicyclic) bond motifs is 2. The highest BCUT2D eigenvalue weighted by atomic mass is 32.2. The number of pyridine rings is 2. The fraction of sp³-hybridized carbons (Fsp3) is 0.0833. The molecule has 0 saturated heterocycles. The van der Waals surface area contributed by atoms with Crippen LogP contribution < -0.4 is 0 Å². The molecule has 1 aromatic carbocycles. The summed E-state index contributed by atoms with van der Waals surface area (Å²) in [6, 6.07) is 15.2. The van der Waals surface area contributed by atoms with Crippen molar-refractivity contribution in [3.63, 3.8) is 0 Å². The lowest BCUT2D eigenvalue weighted by molar-refractivity contribution is 0.582. The number of hydrogen-bond donors (Lipinski definition) is 0. The SMILES string of the molecule is Cn1cc(-c2cnc3c(c2)c(S(=O)(=O)n2ncc4cccnc42)cn3Cc2ccccc2)cn1. The topological polar surface area (TPSA) is 100 Å². The van der Waals surface area contributed by atoms with Crippen LogP contribution in [0.2, 0.25) is 0 Å². The highest BCUT2D eigenvalue weighted by molar-refractivity contribution is 7.90. The largest absolute Gasteiger partial charge is 0.327 e. The molecule has 0 radical (unpaired) electrons. The van der Waals surface area contributed by atoms with E-state index in [1.165, 1.54) is 6.20 Å². The Hall–Kier alpha value is -4.31. The van der Waals surface area contributed by atoms with Crippen LogP contribution in [0, 0.1) is 0 Å². The Balaban J connectivity index is 1.58. The van der Waals surface area contributed by atoms with Gasteiger partial charge in [-0.1, -0.05) is 30.3 Å². The Morgan fingerprint density at radius 2 is 1.71 bits per heavy atom. The van der Waals surface area contributed by atoms with E-state index in [0.29, 0.717) is 23.0 Å². The van der Waals surface area contributed by atoms with Gasteiger partial charge >= 0.3 is 0 Å². The minimum atomic E-state index is -4.05. The summed E-state index contributed by atoms with van der Waals surface area (Å²) in [5.74, 6) is 0. The third kappa shape index (κ3) is 3.27. The molecule has 5 aromatic heterocycles. The Bertz CT molecular complexity index is 1770. The van der Waals surface area contributed by atoms with Crippen LogP contribution >= 0.6 is 0 Å². The Morgan fingerprint density at radius 3 is 2.50 bits per heavy atom. The van der Waals surface area contributed by atoms with Crippen molar-refractivity contribution >= 4 is 32.1 Å². The smallest absolute Gasteiger partial charge is 0.287 e. The summed E-state index contributed by atoms with van der Waals surface area (Å²) in [6.45, 7) is 0.476. The monoisotopic (exact) mass is 469 g/mol. The second kappa shape index (κ2) is 7.63. The molecule has 10 heteroatoms. The van der Waals surface area contributed by atoms with E-state index in [1.54, 1.807) is 41.6 Å². The molecular formula is C24H19N7O2S. The zero-order valence-electron chi connectivity index (χ0n) is 18.1. The van der Waals surface area contributed by atoms with Gasteiger partial charge in [0.2, 0.25) is 0 Å². The van der Waals surface area contributed by atoms with Crippen LogP contribution in [0.5, 0.6) is 0 Å². The molecule has 0 atom stereocenters. The molecule has 9 nitrogen and oxygen atoms in total. The molecule has 0 aliphatic rings. The summed E-state index contributed by atoms with van der Waals surface area (Å²) < 4.78 is 32.2. The summed E-state index contributed by atoms with van der Waals surface area (Å²) in [5, 5.41) is 9.53. The predicted molar refractivity (Wildman–Crippen MR) is 128 cm³/mol. The molecule has 6 rings (SSSR count). The Morgan fingerprint density at radius 1 is 0.853 bits per heavy atom. The maximum Gasteiger partial charge on any atom is 0.287 e. The predicted octanol–water partition coefficient (Wildman–Crippen LogP) is 3.47. The Kier molecular flexibility index (Phi) is 4.56. The van der Waals surface area contributed by atoms with Gasteiger partial charge in [0, 0.05) is 60.3 Å². The summed E-state index contributed by atoms with van der Waals surface area (Å²) in [7, 11) is -2.22. The van der Waals surface area contributed by atoms with Crippen LogP contribution in [-0.2, 0) is 23.6 Å². The second-order valence-electron chi connectivity index (χ2n) is 8.01. The molecule has 0 fully saturated rings. The standard InChI is InChI=1S/C24H19N7O2S/c1-29-15-20(13-27-29)19-10-21-22(34(32,33)31-23-18(12-28-31)8-5-9-25-23)16-30(24(21)26-11-19)14-17-6-3-2-4-7-17/h2-13,15-16H,14H2,1H3. The molecule has 0 saturated carbocycles. The van der Waals surface area contributed by atoms with Gasteiger partial charge in [-0.3, -0.25) is 4.68 Å². The minimum absolute atomic E-state index is 0.118. The first kappa shape index (κ1) is 20.3. The van der Waals surface area contributed by atoms with Crippen molar-refractivity contribution in [3.05, 3.63) is 91.3 Å². The number of nitrogens with zero attached hydrogens (tertiary/aromatic N) is 7. The van der Waals surface area contributed by atoms with Crippen molar-refractivity contribution in [2.24, 2.45) is 7.05 Å². The van der Waals surface area contributed by atoms with Gasteiger partial charge in [-0.2, -0.15) is 18.6 Å². The van der Waals surface area contributed by atoms with Gasteiger partial charge in [0.25, 0.3) is 10.0 Å². The molecule has 6 aromatic rings. The van der Waals surface area contributed by atoms with E-state index >= 15 is 0 Å². The van der Waals surface area contributed by atoms with Crippen LogP contribution in [0.1, 0.15) is 5.56 Å². The van der Waals surface area contributed by atoms with E-state index in [0.717, 1.165) is 20.8 Å². The maximum atomic E-state index is 13.8. The lowest BCUT2D eigenvalue weighted by atomic mass is 10.1. The first-order valence-electron chi connectivity index (χ1n) is 10.6. The fourth-order valence-electron chi connectivity index (χ4n) is 4.08. The van der Waals surface area contributed by atoms with Gasteiger partial charge in [0.15, 0.2) is 5.65 Å². The van der Waals surface area contributed by atoms with Crippen molar-refractivity contribution in [1.82, 2.24) is 33.5 Å². The first-order valence-corrected chi connectivity index (χ1v) is 12.0. The molecule has 168 valence electrons. The Labute approximate surface area is 195 Å². The molecule has 0 aliphatic heterocycles. The molecule has 5 heterocycles. The average molecular weight is 470 g/mol.